The Hall–Kier alpha value is -2.14. The van der Waals surface area contributed by atoms with Gasteiger partial charge < -0.3 is 10.2 Å². The molecule has 1 N–H and O–H groups in total. The molecule has 0 aromatic carbocycles. The highest BCUT2D eigenvalue weighted by Crippen LogP contribution is 2.34. The highest BCUT2D eigenvalue weighted by Gasteiger charge is 2.18. The molecule has 10 heteroatoms. The smallest absolute Gasteiger partial charge is 0.188 e. The highest BCUT2D eigenvalue weighted by atomic mass is 32.2. The van der Waals surface area contributed by atoms with E-state index in [9.17, 15) is 0 Å². The number of nitrogens with zero attached hydrogens (tertiary/aromatic N) is 7. The molecule has 0 unspecified atom stereocenters. The summed E-state index contributed by atoms with van der Waals surface area (Å²) in [6, 6.07) is 2.04. The van der Waals surface area contributed by atoms with Crippen molar-refractivity contribution in [2.75, 3.05) is 38.5 Å². The molecule has 0 atom stereocenters. The highest BCUT2D eigenvalue weighted by molar-refractivity contribution is 7.99. The molecule has 2 aliphatic rings. The molecule has 0 spiro atoms. The average Bonchev–Trinajstić information content (AvgIpc) is 3.31. The van der Waals surface area contributed by atoms with Crippen LogP contribution in [-0.2, 0) is 6.54 Å². The normalized spacial score (nSPS) is 18.3. The van der Waals surface area contributed by atoms with E-state index >= 15 is 0 Å². The van der Waals surface area contributed by atoms with Crippen LogP contribution >= 0.6 is 23.1 Å². The predicted molar refractivity (Wildman–Crippen MR) is 139 cm³/mol. The summed E-state index contributed by atoms with van der Waals surface area (Å²) in [5.74, 6) is 0.704. The van der Waals surface area contributed by atoms with E-state index in [1.165, 1.54) is 32.1 Å². The van der Waals surface area contributed by atoms with Gasteiger partial charge in [0.05, 0.1) is 28.7 Å². The van der Waals surface area contributed by atoms with Gasteiger partial charge in [0.15, 0.2) is 16.1 Å². The maximum absolute atomic E-state index is 4.85. The molecule has 5 rings (SSSR count). The number of hydrogen-bond donors (Lipinski definition) is 1. The molecular formula is C24H32N8S2. The van der Waals surface area contributed by atoms with E-state index in [1.807, 2.05) is 37.1 Å². The Morgan fingerprint density at radius 3 is 2.59 bits per heavy atom. The van der Waals surface area contributed by atoms with Crippen molar-refractivity contribution in [2.45, 2.75) is 56.0 Å². The van der Waals surface area contributed by atoms with Crippen LogP contribution in [0.5, 0.6) is 0 Å². The summed E-state index contributed by atoms with van der Waals surface area (Å²) in [4.78, 5) is 29.0. The molecule has 3 aromatic heterocycles. The molecule has 180 valence electrons. The summed E-state index contributed by atoms with van der Waals surface area (Å²) in [7, 11) is 2.17. The molecule has 1 aliphatic carbocycles. The van der Waals surface area contributed by atoms with Crippen LogP contribution in [0.1, 0.15) is 43.5 Å². The number of thioether (sulfide) groups is 1. The monoisotopic (exact) mass is 496 g/mol. The molecule has 0 radical (unpaired) electrons. The zero-order valence-corrected chi connectivity index (χ0v) is 21.5. The fraction of sp³-hybridized carbons (Fsp3) is 0.542. The average molecular weight is 497 g/mol. The lowest BCUT2D eigenvalue weighted by Crippen LogP contribution is -2.44. The van der Waals surface area contributed by atoms with E-state index in [0.29, 0.717) is 11.1 Å². The zero-order valence-electron chi connectivity index (χ0n) is 19.9. The lowest BCUT2D eigenvalue weighted by Gasteiger charge is -2.31. The molecule has 34 heavy (non-hydrogen) atoms. The topological polar surface area (TPSA) is 83.0 Å². The number of likely N-dealkylation sites (N-methyl/N-ethyl adjacent to an activating group) is 1. The third-order valence-electron chi connectivity index (χ3n) is 6.34. The number of hydrogen-bond acceptors (Lipinski definition) is 10. The zero-order chi connectivity index (χ0) is 23.3. The summed E-state index contributed by atoms with van der Waals surface area (Å²) < 4.78 is 0. The van der Waals surface area contributed by atoms with Gasteiger partial charge in [0.25, 0.3) is 0 Å². The van der Waals surface area contributed by atoms with Crippen molar-refractivity contribution in [3.8, 4) is 10.6 Å². The van der Waals surface area contributed by atoms with Gasteiger partial charge in [-0.2, -0.15) is 0 Å². The van der Waals surface area contributed by atoms with Crippen LogP contribution in [0.15, 0.2) is 29.8 Å². The number of anilines is 2. The first kappa shape index (κ1) is 23.6. The van der Waals surface area contributed by atoms with Crippen molar-refractivity contribution in [1.29, 1.82) is 0 Å². The molecule has 0 amide bonds. The molecule has 4 heterocycles. The number of thiazole rings is 1. The molecule has 0 bridgehead atoms. The van der Waals surface area contributed by atoms with Gasteiger partial charge in [-0.15, -0.1) is 0 Å². The van der Waals surface area contributed by atoms with Crippen molar-refractivity contribution in [3.63, 3.8) is 0 Å². The lowest BCUT2D eigenvalue weighted by molar-refractivity contribution is 0.147. The SMILES string of the molecule is Cc1cc(-c2cnc(Nc3cnc(CN4CCN(C)CC4)cn3)s2)nc(SC2CCCCC2)n1. The van der Waals surface area contributed by atoms with Crippen molar-refractivity contribution in [2.24, 2.45) is 0 Å². The quantitative estimate of drug-likeness (QED) is 0.471. The van der Waals surface area contributed by atoms with Crippen LogP contribution < -0.4 is 5.32 Å². The summed E-state index contributed by atoms with van der Waals surface area (Å²) in [6.45, 7) is 7.23. The van der Waals surface area contributed by atoms with E-state index in [2.05, 4.69) is 42.1 Å². The first-order chi connectivity index (χ1) is 16.6. The molecule has 2 fully saturated rings. The third-order valence-corrected chi connectivity index (χ3v) is 8.47. The van der Waals surface area contributed by atoms with Gasteiger partial charge in [0, 0.05) is 49.9 Å². The van der Waals surface area contributed by atoms with E-state index in [-0.39, 0.29) is 0 Å². The van der Waals surface area contributed by atoms with E-state index < -0.39 is 0 Å². The van der Waals surface area contributed by atoms with Crippen molar-refractivity contribution < 1.29 is 0 Å². The Labute approximate surface area is 209 Å². The number of aromatic nitrogens is 5. The maximum Gasteiger partial charge on any atom is 0.188 e. The summed E-state index contributed by atoms with van der Waals surface area (Å²) in [5.41, 5.74) is 2.92. The van der Waals surface area contributed by atoms with Crippen LogP contribution in [0.25, 0.3) is 10.6 Å². The Kier molecular flexibility index (Phi) is 7.68. The number of aryl methyl sites for hydroxylation is 1. The van der Waals surface area contributed by atoms with E-state index in [1.54, 1.807) is 17.5 Å². The standard InChI is InChI=1S/C24H32N8S2/c1-17-12-20(29-24(28-17)33-19-6-4-3-5-7-19)21-14-27-23(34-21)30-22-15-25-18(13-26-22)16-32-10-8-31(2)9-11-32/h12-15,19H,3-11,16H2,1-2H3,(H,26,27,30). The lowest BCUT2D eigenvalue weighted by atomic mass is 10.0. The molecule has 1 saturated carbocycles. The minimum absolute atomic E-state index is 0.639. The Morgan fingerprint density at radius 2 is 1.82 bits per heavy atom. The van der Waals surface area contributed by atoms with Gasteiger partial charge >= 0.3 is 0 Å². The van der Waals surface area contributed by atoms with Crippen LogP contribution in [0.4, 0.5) is 10.9 Å². The van der Waals surface area contributed by atoms with Gasteiger partial charge in [-0.1, -0.05) is 42.4 Å². The fourth-order valence-corrected chi connectivity index (χ4v) is 6.35. The number of rotatable bonds is 7. The minimum atomic E-state index is 0.639. The Morgan fingerprint density at radius 1 is 1.00 bits per heavy atom. The molecule has 1 aliphatic heterocycles. The largest absolute Gasteiger partial charge is 0.315 e. The molecule has 3 aromatic rings. The van der Waals surface area contributed by atoms with Crippen LogP contribution in [-0.4, -0.2) is 73.2 Å². The van der Waals surface area contributed by atoms with Gasteiger partial charge in [-0.25, -0.2) is 19.9 Å². The second-order valence-electron chi connectivity index (χ2n) is 9.18. The predicted octanol–water partition coefficient (Wildman–Crippen LogP) is 4.61. The number of nitrogens with one attached hydrogen (secondary N) is 1. The molecular weight excluding hydrogens is 464 g/mol. The van der Waals surface area contributed by atoms with E-state index in [4.69, 9.17) is 4.98 Å². The summed E-state index contributed by atoms with van der Waals surface area (Å²) in [6.07, 6.45) is 12.1. The second kappa shape index (κ2) is 11.1. The van der Waals surface area contributed by atoms with Crippen LogP contribution in [0, 0.1) is 6.92 Å². The Bertz CT molecular complexity index is 1070. The fourth-order valence-electron chi connectivity index (χ4n) is 4.35. The van der Waals surface area contributed by atoms with Gasteiger partial charge in [0.1, 0.15) is 0 Å². The van der Waals surface area contributed by atoms with Crippen LogP contribution in [0.3, 0.4) is 0 Å². The first-order valence-electron chi connectivity index (χ1n) is 12.1. The molecule has 1 saturated heterocycles. The van der Waals surface area contributed by atoms with Crippen molar-refractivity contribution in [1.82, 2.24) is 34.7 Å². The van der Waals surface area contributed by atoms with Gasteiger partial charge in [0.2, 0.25) is 0 Å². The van der Waals surface area contributed by atoms with Gasteiger partial charge in [-0.3, -0.25) is 9.88 Å². The Balaban J connectivity index is 1.21. The van der Waals surface area contributed by atoms with Crippen molar-refractivity contribution in [3.05, 3.63) is 36.0 Å². The number of piperazine rings is 1. The second-order valence-corrected chi connectivity index (χ2v) is 11.5. The van der Waals surface area contributed by atoms with Crippen molar-refractivity contribution >= 4 is 34.0 Å². The van der Waals surface area contributed by atoms with Crippen LogP contribution in [0.2, 0.25) is 0 Å². The van der Waals surface area contributed by atoms with Gasteiger partial charge in [-0.05, 0) is 32.9 Å². The first-order valence-corrected chi connectivity index (χ1v) is 13.8. The third kappa shape index (κ3) is 6.29. The van der Waals surface area contributed by atoms with E-state index in [0.717, 1.165) is 65.0 Å². The summed E-state index contributed by atoms with van der Waals surface area (Å²) >= 11 is 3.41. The maximum atomic E-state index is 4.85. The summed E-state index contributed by atoms with van der Waals surface area (Å²) in [5, 5.41) is 5.60. The molecule has 8 nitrogen and oxygen atoms in total. The minimum Gasteiger partial charge on any atom is -0.315 e.